The maximum absolute atomic E-state index is 12.7. The van der Waals surface area contributed by atoms with Crippen LogP contribution < -0.4 is 9.64 Å². The van der Waals surface area contributed by atoms with Crippen LogP contribution in [0.4, 0.5) is 5.69 Å². The van der Waals surface area contributed by atoms with E-state index in [-0.39, 0.29) is 11.8 Å². The van der Waals surface area contributed by atoms with Gasteiger partial charge >= 0.3 is 0 Å². The molecule has 6 heteroatoms. The highest BCUT2D eigenvalue weighted by atomic mass is 16.5. The van der Waals surface area contributed by atoms with Crippen molar-refractivity contribution >= 4 is 11.6 Å². The molecule has 126 valence electrons. The predicted octanol–water partition coefficient (Wildman–Crippen LogP) is 1.52. The van der Waals surface area contributed by atoms with Crippen LogP contribution in [0.5, 0.6) is 5.75 Å². The quantitative estimate of drug-likeness (QED) is 0.855. The van der Waals surface area contributed by atoms with Crippen molar-refractivity contribution in [2.75, 3.05) is 31.6 Å². The Kier molecular flexibility index (Phi) is 3.76. The third-order valence-corrected chi connectivity index (χ3v) is 5.09. The molecule has 1 amide bonds. The number of hydrogen-bond acceptors (Lipinski definition) is 4. The highest BCUT2D eigenvalue weighted by molar-refractivity contribution is 5.97. The minimum Gasteiger partial charge on any atom is -0.497 e. The van der Waals surface area contributed by atoms with E-state index in [1.807, 2.05) is 30.3 Å². The fourth-order valence-corrected chi connectivity index (χ4v) is 3.85. The van der Waals surface area contributed by atoms with Gasteiger partial charge in [0.25, 0.3) is 0 Å². The maximum Gasteiger partial charge on any atom is 0.231 e. The summed E-state index contributed by atoms with van der Waals surface area (Å²) in [6.45, 7) is 3.50. The number of carbonyl (C=O) groups excluding carboxylic acids is 1. The average molecular weight is 326 g/mol. The third kappa shape index (κ3) is 2.67. The van der Waals surface area contributed by atoms with Gasteiger partial charge in [0, 0.05) is 45.3 Å². The third-order valence-electron chi connectivity index (χ3n) is 5.09. The van der Waals surface area contributed by atoms with Gasteiger partial charge in [0.1, 0.15) is 5.75 Å². The van der Waals surface area contributed by atoms with Crippen molar-refractivity contribution in [2.24, 2.45) is 18.9 Å². The second-order valence-electron chi connectivity index (χ2n) is 6.73. The smallest absolute Gasteiger partial charge is 0.231 e. The Hall–Kier alpha value is -2.34. The van der Waals surface area contributed by atoms with Crippen molar-refractivity contribution in [1.82, 2.24) is 14.7 Å². The minimum atomic E-state index is 0.114. The maximum atomic E-state index is 12.7. The summed E-state index contributed by atoms with van der Waals surface area (Å²) in [5, 5.41) is 4.18. The van der Waals surface area contributed by atoms with E-state index in [0.29, 0.717) is 5.92 Å². The van der Waals surface area contributed by atoms with Gasteiger partial charge in [-0.05, 0) is 17.7 Å². The fraction of sp³-hybridized carbons (Fsp3) is 0.444. The lowest BCUT2D eigenvalue weighted by Crippen LogP contribution is -2.32. The highest BCUT2D eigenvalue weighted by Crippen LogP contribution is 2.35. The van der Waals surface area contributed by atoms with Gasteiger partial charge in [-0.2, -0.15) is 5.10 Å². The summed E-state index contributed by atoms with van der Waals surface area (Å²) < 4.78 is 6.94. The van der Waals surface area contributed by atoms with Crippen molar-refractivity contribution in [3.63, 3.8) is 0 Å². The van der Waals surface area contributed by atoms with Gasteiger partial charge in [-0.1, -0.05) is 12.1 Å². The Balaban J connectivity index is 1.40. The van der Waals surface area contributed by atoms with E-state index in [0.717, 1.165) is 37.6 Å². The largest absolute Gasteiger partial charge is 0.497 e. The monoisotopic (exact) mass is 326 g/mol. The molecule has 2 aliphatic heterocycles. The molecule has 2 fully saturated rings. The first-order valence-corrected chi connectivity index (χ1v) is 8.29. The van der Waals surface area contributed by atoms with Crippen LogP contribution in [0.3, 0.4) is 0 Å². The predicted molar refractivity (Wildman–Crippen MR) is 90.8 cm³/mol. The number of aromatic nitrogens is 2. The number of rotatable bonds is 4. The zero-order valence-electron chi connectivity index (χ0n) is 14.1. The number of fused-ring (bicyclic) bond motifs is 1. The molecule has 3 heterocycles. The molecule has 2 aliphatic rings. The van der Waals surface area contributed by atoms with E-state index in [4.69, 9.17) is 4.74 Å². The molecule has 2 aromatic rings. The van der Waals surface area contributed by atoms with Crippen LogP contribution in [0.25, 0.3) is 0 Å². The lowest BCUT2D eigenvalue weighted by molar-refractivity contribution is -0.120. The molecular formula is C18H22N4O2. The highest BCUT2D eigenvalue weighted by Gasteiger charge is 2.46. The first-order valence-electron chi connectivity index (χ1n) is 8.29. The molecule has 0 saturated carbocycles. The number of hydrogen-bond donors (Lipinski definition) is 0. The van der Waals surface area contributed by atoms with Gasteiger partial charge in [-0.15, -0.1) is 0 Å². The van der Waals surface area contributed by atoms with Crippen molar-refractivity contribution in [1.29, 1.82) is 0 Å². The molecule has 0 aliphatic carbocycles. The second-order valence-corrected chi connectivity index (χ2v) is 6.73. The Labute approximate surface area is 141 Å². The van der Waals surface area contributed by atoms with Crippen molar-refractivity contribution < 1.29 is 9.53 Å². The number of benzene rings is 1. The molecule has 0 unspecified atom stereocenters. The summed E-state index contributed by atoms with van der Waals surface area (Å²) in [5.74, 6) is 1.64. The lowest BCUT2D eigenvalue weighted by atomic mass is 10.0. The summed E-state index contributed by atoms with van der Waals surface area (Å²) in [6, 6.07) is 8.16. The van der Waals surface area contributed by atoms with Crippen LogP contribution in [0, 0.1) is 11.8 Å². The molecule has 2 saturated heterocycles. The van der Waals surface area contributed by atoms with Crippen LogP contribution in [0.2, 0.25) is 0 Å². The Morgan fingerprint density at radius 2 is 2.00 bits per heavy atom. The minimum absolute atomic E-state index is 0.114. The van der Waals surface area contributed by atoms with Gasteiger partial charge in [0.2, 0.25) is 5.91 Å². The average Bonchev–Trinajstić information content (AvgIpc) is 3.25. The molecular weight excluding hydrogens is 304 g/mol. The molecule has 0 bridgehead atoms. The number of carbonyl (C=O) groups is 1. The Morgan fingerprint density at radius 1 is 1.21 bits per heavy atom. The standard InChI is InChI=1S/C18H22N4O2/c1-20-11-15(7-19-20)22-10-14-9-21(12-17(14)18(22)23)8-13-3-5-16(24-2)6-4-13/h3-7,11,14,17H,8-10,12H2,1-2H3/t14-,17-/m0/s1. The van der Waals surface area contributed by atoms with Crippen LogP contribution in [0.1, 0.15) is 5.56 Å². The van der Waals surface area contributed by atoms with Crippen molar-refractivity contribution in [3.8, 4) is 5.75 Å². The summed E-state index contributed by atoms with van der Waals surface area (Å²) in [6.07, 6.45) is 3.68. The van der Waals surface area contributed by atoms with Crippen LogP contribution in [-0.4, -0.2) is 47.3 Å². The fourth-order valence-electron chi connectivity index (χ4n) is 3.85. The van der Waals surface area contributed by atoms with E-state index < -0.39 is 0 Å². The van der Waals surface area contributed by atoms with E-state index >= 15 is 0 Å². The van der Waals surface area contributed by atoms with Crippen LogP contribution in [0.15, 0.2) is 36.7 Å². The lowest BCUT2D eigenvalue weighted by Gasteiger charge is -2.20. The van der Waals surface area contributed by atoms with Gasteiger partial charge in [0.05, 0.1) is 24.9 Å². The molecule has 1 aromatic carbocycles. The molecule has 4 rings (SSSR count). The zero-order chi connectivity index (χ0) is 16.7. The second kappa shape index (κ2) is 5.94. The zero-order valence-corrected chi connectivity index (χ0v) is 14.1. The molecule has 0 radical (unpaired) electrons. The summed E-state index contributed by atoms with van der Waals surface area (Å²) >= 11 is 0. The van der Waals surface area contributed by atoms with E-state index in [1.165, 1.54) is 5.56 Å². The van der Waals surface area contributed by atoms with E-state index in [2.05, 4.69) is 22.1 Å². The SMILES string of the molecule is COc1ccc(CN2C[C@H]3CN(c4cnn(C)c4)C(=O)[C@H]3C2)cc1. The van der Waals surface area contributed by atoms with Crippen molar-refractivity contribution in [3.05, 3.63) is 42.2 Å². The molecule has 0 spiro atoms. The van der Waals surface area contributed by atoms with E-state index in [1.54, 1.807) is 18.0 Å². The normalized spacial score (nSPS) is 23.8. The number of likely N-dealkylation sites (tertiary alicyclic amines) is 1. The number of ether oxygens (including phenoxy) is 1. The Bertz CT molecular complexity index is 740. The molecule has 6 nitrogen and oxygen atoms in total. The molecule has 0 N–H and O–H groups in total. The summed E-state index contributed by atoms with van der Waals surface area (Å²) in [5.41, 5.74) is 2.17. The van der Waals surface area contributed by atoms with E-state index in [9.17, 15) is 4.79 Å². The Morgan fingerprint density at radius 3 is 2.62 bits per heavy atom. The molecule has 1 aromatic heterocycles. The summed E-state index contributed by atoms with van der Waals surface area (Å²) in [7, 11) is 3.55. The molecule has 24 heavy (non-hydrogen) atoms. The van der Waals surface area contributed by atoms with Crippen LogP contribution in [-0.2, 0) is 18.4 Å². The number of aryl methyl sites for hydroxylation is 1. The number of amides is 1. The topological polar surface area (TPSA) is 50.6 Å². The number of methoxy groups -OCH3 is 1. The van der Waals surface area contributed by atoms with Crippen molar-refractivity contribution in [2.45, 2.75) is 6.54 Å². The van der Waals surface area contributed by atoms with Crippen LogP contribution >= 0.6 is 0 Å². The molecule has 2 atom stereocenters. The van der Waals surface area contributed by atoms with Gasteiger partial charge < -0.3 is 9.64 Å². The summed E-state index contributed by atoms with van der Waals surface area (Å²) in [4.78, 5) is 17.0. The number of anilines is 1. The van der Waals surface area contributed by atoms with Gasteiger partial charge in [0.15, 0.2) is 0 Å². The van der Waals surface area contributed by atoms with Gasteiger partial charge in [-0.3, -0.25) is 14.4 Å². The number of nitrogens with zero attached hydrogens (tertiary/aromatic N) is 4. The first-order chi connectivity index (χ1) is 11.6. The first kappa shape index (κ1) is 15.2. The van der Waals surface area contributed by atoms with Gasteiger partial charge in [-0.25, -0.2) is 0 Å².